The highest BCUT2D eigenvalue weighted by Gasteiger charge is 2.21. The predicted molar refractivity (Wildman–Crippen MR) is 84.1 cm³/mol. The average Bonchev–Trinajstić information content (AvgIpc) is 2.48. The fraction of sp³-hybridized carbons (Fsp3) is 0.250. The zero-order chi connectivity index (χ0) is 16.2. The third-order valence-corrected chi connectivity index (χ3v) is 4.42. The van der Waals surface area contributed by atoms with E-state index < -0.39 is 12.1 Å². The standard InChI is InChI=1S/C12H9Cl5O4/c1-2-6(19)20-3-5(18)4-21-12-10(16)8(14)7(13)9(15)11(12)17/h2,5,18H,1,3-4H2. The lowest BCUT2D eigenvalue weighted by molar-refractivity contribution is -0.141. The number of carbonyl (C=O) groups excluding carboxylic acids is 1. The van der Waals surface area contributed by atoms with Gasteiger partial charge in [-0.1, -0.05) is 64.6 Å². The Kier molecular flexibility index (Phi) is 7.40. The summed E-state index contributed by atoms with van der Waals surface area (Å²) in [6, 6.07) is 0. The lowest BCUT2D eigenvalue weighted by Gasteiger charge is -2.16. The molecule has 9 heteroatoms. The van der Waals surface area contributed by atoms with Crippen LogP contribution in [0.25, 0.3) is 0 Å². The van der Waals surface area contributed by atoms with Crippen molar-refractivity contribution in [1.29, 1.82) is 0 Å². The molecule has 0 radical (unpaired) electrons. The predicted octanol–water partition coefficient (Wildman–Crippen LogP) is 4.42. The van der Waals surface area contributed by atoms with Crippen molar-refractivity contribution in [3.05, 3.63) is 37.8 Å². The molecule has 0 saturated carbocycles. The van der Waals surface area contributed by atoms with Crippen LogP contribution in [0.1, 0.15) is 0 Å². The van der Waals surface area contributed by atoms with Gasteiger partial charge in [-0.25, -0.2) is 4.79 Å². The second-order valence-electron chi connectivity index (χ2n) is 3.70. The Labute approximate surface area is 146 Å². The van der Waals surface area contributed by atoms with E-state index in [-0.39, 0.29) is 44.1 Å². The van der Waals surface area contributed by atoms with E-state index in [2.05, 4.69) is 11.3 Å². The Bertz CT molecular complexity index is 532. The Hall–Kier alpha value is -0.360. The number of hydrogen-bond donors (Lipinski definition) is 1. The first-order chi connectivity index (χ1) is 9.79. The van der Waals surface area contributed by atoms with Crippen LogP contribution in [0.3, 0.4) is 0 Å². The first-order valence-corrected chi connectivity index (χ1v) is 7.30. The van der Waals surface area contributed by atoms with Crippen molar-refractivity contribution in [3.63, 3.8) is 0 Å². The zero-order valence-corrected chi connectivity index (χ0v) is 14.1. The van der Waals surface area contributed by atoms with Crippen molar-refractivity contribution in [2.24, 2.45) is 0 Å². The van der Waals surface area contributed by atoms with Crippen molar-refractivity contribution in [2.75, 3.05) is 13.2 Å². The Morgan fingerprint density at radius 1 is 1.05 bits per heavy atom. The molecule has 116 valence electrons. The average molecular weight is 394 g/mol. The summed E-state index contributed by atoms with van der Waals surface area (Å²) < 4.78 is 9.90. The van der Waals surface area contributed by atoms with Crippen molar-refractivity contribution >= 4 is 64.0 Å². The SMILES string of the molecule is C=CC(=O)OCC(O)COc1c(Cl)c(Cl)c(Cl)c(Cl)c1Cl. The van der Waals surface area contributed by atoms with E-state index in [0.717, 1.165) is 6.08 Å². The summed E-state index contributed by atoms with van der Waals surface area (Å²) in [5, 5.41) is 9.51. The Morgan fingerprint density at radius 2 is 1.52 bits per heavy atom. The van der Waals surface area contributed by atoms with Gasteiger partial charge in [0.15, 0.2) is 5.75 Å². The van der Waals surface area contributed by atoms with E-state index in [1.807, 2.05) is 0 Å². The number of hydrogen-bond acceptors (Lipinski definition) is 4. The summed E-state index contributed by atoms with van der Waals surface area (Å²) in [6.07, 6.45) is -0.130. The van der Waals surface area contributed by atoms with Gasteiger partial charge < -0.3 is 14.6 Å². The van der Waals surface area contributed by atoms with Gasteiger partial charge in [0, 0.05) is 6.08 Å². The second-order valence-corrected chi connectivity index (χ2v) is 5.59. The molecule has 1 atom stereocenters. The summed E-state index contributed by atoms with van der Waals surface area (Å²) in [5.41, 5.74) is 0. The first kappa shape index (κ1) is 18.7. The van der Waals surface area contributed by atoms with Crippen molar-refractivity contribution in [3.8, 4) is 5.75 Å². The van der Waals surface area contributed by atoms with E-state index in [4.69, 9.17) is 62.7 Å². The molecule has 0 aliphatic heterocycles. The fourth-order valence-electron chi connectivity index (χ4n) is 1.18. The fourth-order valence-corrected chi connectivity index (χ4v) is 2.41. The smallest absolute Gasteiger partial charge is 0.330 e. The highest BCUT2D eigenvalue weighted by atomic mass is 35.5. The maximum Gasteiger partial charge on any atom is 0.330 e. The molecule has 0 aliphatic carbocycles. The number of ether oxygens (including phenoxy) is 2. The van der Waals surface area contributed by atoms with Crippen LogP contribution in [0.2, 0.25) is 25.1 Å². The number of aliphatic hydroxyl groups is 1. The highest BCUT2D eigenvalue weighted by molar-refractivity contribution is 6.55. The first-order valence-electron chi connectivity index (χ1n) is 5.41. The summed E-state index contributed by atoms with van der Waals surface area (Å²) in [5.74, 6) is -0.686. The third kappa shape index (κ3) is 4.81. The number of benzene rings is 1. The van der Waals surface area contributed by atoms with Crippen LogP contribution < -0.4 is 4.74 Å². The van der Waals surface area contributed by atoms with Gasteiger partial charge in [-0.05, 0) is 0 Å². The minimum Gasteiger partial charge on any atom is -0.487 e. The van der Waals surface area contributed by atoms with Gasteiger partial charge in [0.25, 0.3) is 0 Å². The summed E-state index contributed by atoms with van der Waals surface area (Å²) in [6.45, 7) is 2.68. The second kappa shape index (κ2) is 8.32. The van der Waals surface area contributed by atoms with E-state index >= 15 is 0 Å². The van der Waals surface area contributed by atoms with E-state index in [1.54, 1.807) is 0 Å². The molecule has 0 aliphatic rings. The summed E-state index contributed by atoms with van der Waals surface area (Å²) in [7, 11) is 0. The topological polar surface area (TPSA) is 55.8 Å². The van der Waals surface area contributed by atoms with Gasteiger partial charge in [-0.15, -0.1) is 0 Å². The molecule has 1 rings (SSSR count). The highest BCUT2D eigenvalue weighted by Crippen LogP contribution is 2.48. The summed E-state index contributed by atoms with van der Waals surface area (Å²) >= 11 is 29.4. The minimum atomic E-state index is -1.10. The maximum absolute atomic E-state index is 10.8. The molecular formula is C12H9Cl5O4. The van der Waals surface area contributed by atoms with Gasteiger partial charge in [-0.3, -0.25) is 0 Å². The van der Waals surface area contributed by atoms with Crippen LogP contribution in [0, 0.1) is 0 Å². The molecule has 0 fully saturated rings. The molecule has 0 saturated heterocycles. The quantitative estimate of drug-likeness (QED) is 0.336. The molecule has 0 bridgehead atoms. The summed E-state index contributed by atoms with van der Waals surface area (Å²) in [4.78, 5) is 10.8. The zero-order valence-electron chi connectivity index (χ0n) is 10.3. The van der Waals surface area contributed by atoms with Gasteiger partial charge in [-0.2, -0.15) is 0 Å². The van der Waals surface area contributed by atoms with Crippen LogP contribution in [0.15, 0.2) is 12.7 Å². The third-order valence-electron chi connectivity index (χ3n) is 2.17. The van der Waals surface area contributed by atoms with E-state index in [0.29, 0.717) is 0 Å². The number of aliphatic hydroxyl groups excluding tert-OH is 1. The normalized spacial score (nSPS) is 11.9. The number of rotatable bonds is 6. The van der Waals surface area contributed by atoms with Crippen LogP contribution >= 0.6 is 58.0 Å². The molecule has 1 N–H and O–H groups in total. The lowest BCUT2D eigenvalue weighted by Crippen LogP contribution is -2.25. The lowest BCUT2D eigenvalue weighted by atomic mass is 10.3. The molecule has 1 aromatic carbocycles. The van der Waals surface area contributed by atoms with E-state index in [9.17, 15) is 9.90 Å². The molecule has 21 heavy (non-hydrogen) atoms. The van der Waals surface area contributed by atoms with Crippen molar-refractivity contribution < 1.29 is 19.4 Å². The molecular weight excluding hydrogens is 385 g/mol. The van der Waals surface area contributed by atoms with Crippen molar-refractivity contribution in [1.82, 2.24) is 0 Å². The largest absolute Gasteiger partial charge is 0.487 e. The molecule has 0 amide bonds. The molecule has 4 nitrogen and oxygen atoms in total. The van der Waals surface area contributed by atoms with Gasteiger partial charge in [0.05, 0.1) is 15.1 Å². The Balaban J connectivity index is 2.76. The molecule has 0 spiro atoms. The van der Waals surface area contributed by atoms with Gasteiger partial charge >= 0.3 is 5.97 Å². The van der Waals surface area contributed by atoms with Crippen LogP contribution in [-0.2, 0) is 9.53 Å². The molecule has 0 aromatic heterocycles. The van der Waals surface area contributed by atoms with Gasteiger partial charge in [0.2, 0.25) is 0 Å². The monoisotopic (exact) mass is 392 g/mol. The maximum atomic E-state index is 10.8. The molecule has 1 unspecified atom stereocenters. The molecule has 0 heterocycles. The van der Waals surface area contributed by atoms with Crippen LogP contribution in [-0.4, -0.2) is 30.4 Å². The van der Waals surface area contributed by atoms with E-state index in [1.165, 1.54) is 0 Å². The van der Waals surface area contributed by atoms with Crippen LogP contribution in [0.5, 0.6) is 5.75 Å². The minimum absolute atomic E-state index is 0.00106. The molecule has 1 aromatic rings. The number of halogens is 5. The van der Waals surface area contributed by atoms with Crippen molar-refractivity contribution in [2.45, 2.75) is 6.10 Å². The number of esters is 1. The Morgan fingerprint density at radius 3 is 2.00 bits per heavy atom. The van der Waals surface area contributed by atoms with Gasteiger partial charge in [0.1, 0.15) is 29.4 Å². The number of carbonyl (C=O) groups is 1. The van der Waals surface area contributed by atoms with Crippen LogP contribution in [0.4, 0.5) is 0 Å².